The Morgan fingerprint density at radius 1 is 1.42 bits per heavy atom. The van der Waals surface area contributed by atoms with E-state index in [1.807, 2.05) is 38.1 Å². The summed E-state index contributed by atoms with van der Waals surface area (Å²) < 4.78 is 7.58. The van der Waals surface area contributed by atoms with Gasteiger partial charge < -0.3 is 4.74 Å². The lowest BCUT2D eigenvalue weighted by molar-refractivity contribution is 0.197. The minimum absolute atomic E-state index is 0.112. The van der Waals surface area contributed by atoms with Crippen LogP contribution in [0.15, 0.2) is 34.1 Å². The zero-order valence-corrected chi connectivity index (χ0v) is 14.8. The van der Waals surface area contributed by atoms with E-state index in [0.29, 0.717) is 23.8 Å². The highest BCUT2D eigenvalue weighted by Gasteiger charge is 2.17. The van der Waals surface area contributed by atoms with E-state index in [-0.39, 0.29) is 5.56 Å². The Kier molecular flexibility index (Phi) is 4.92. The van der Waals surface area contributed by atoms with Gasteiger partial charge in [-0.2, -0.15) is 4.68 Å². The third-order valence-corrected chi connectivity index (χ3v) is 4.78. The summed E-state index contributed by atoms with van der Waals surface area (Å²) in [5.74, 6) is 0. The topological polar surface area (TPSA) is 72.3 Å². The second-order valence-corrected chi connectivity index (χ2v) is 6.54. The number of ether oxygens (including phenoxy) is 1. The summed E-state index contributed by atoms with van der Waals surface area (Å²) in [7, 11) is 1.67. The largest absolute Gasteiger partial charge is 0.385 e. The minimum atomic E-state index is -0.112. The van der Waals surface area contributed by atoms with Crippen LogP contribution in [-0.4, -0.2) is 40.7 Å². The van der Waals surface area contributed by atoms with E-state index in [1.54, 1.807) is 7.11 Å². The maximum Gasteiger partial charge on any atom is 0.282 e. The van der Waals surface area contributed by atoms with Crippen molar-refractivity contribution in [2.75, 3.05) is 20.3 Å². The molecule has 3 rings (SSSR count). The summed E-state index contributed by atoms with van der Waals surface area (Å²) in [5.41, 5.74) is 2.94. The molecule has 0 spiro atoms. The van der Waals surface area contributed by atoms with Gasteiger partial charge in [0.1, 0.15) is 0 Å². The van der Waals surface area contributed by atoms with E-state index >= 15 is 0 Å². The van der Waals surface area contributed by atoms with Crippen molar-refractivity contribution in [1.29, 1.82) is 0 Å². The van der Waals surface area contributed by atoms with Crippen LogP contribution in [0.4, 0.5) is 0 Å². The molecule has 0 aliphatic heterocycles. The first-order valence-electron chi connectivity index (χ1n) is 7.79. The van der Waals surface area contributed by atoms with Crippen molar-refractivity contribution in [3.8, 4) is 5.13 Å². The van der Waals surface area contributed by atoms with E-state index < -0.39 is 0 Å². The molecule has 126 valence electrons. The summed E-state index contributed by atoms with van der Waals surface area (Å²) in [6, 6.07) is 7.85. The number of aryl methyl sites for hydroxylation is 1. The SMILES string of the molecule is COCCCN=C(C)c1c(C)[nH]n(-c2nc3ccccc3s2)c1=O. The quantitative estimate of drug-likeness (QED) is 0.552. The number of nitrogens with one attached hydrogen (secondary N) is 1. The van der Waals surface area contributed by atoms with Crippen molar-refractivity contribution in [2.45, 2.75) is 20.3 Å². The lowest BCUT2D eigenvalue weighted by Gasteiger charge is -1.98. The average molecular weight is 344 g/mol. The Morgan fingerprint density at radius 2 is 2.21 bits per heavy atom. The number of para-hydroxylation sites is 1. The standard InChI is InChI=1S/C17H20N4O2S/c1-11(18-9-6-10-23-3)15-12(2)20-21(16(15)22)17-19-13-7-4-5-8-14(13)24-17/h4-5,7-8,20H,6,9-10H2,1-3H3. The van der Waals surface area contributed by atoms with Crippen molar-refractivity contribution >= 4 is 27.3 Å². The van der Waals surface area contributed by atoms with Gasteiger partial charge in [0.15, 0.2) is 0 Å². The van der Waals surface area contributed by atoms with Gasteiger partial charge in [-0.15, -0.1) is 0 Å². The predicted octanol–water partition coefficient (Wildman–Crippen LogP) is 2.93. The number of hydrogen-bond donors (Lipinski definition) is 1. The van der Waals surface area contributed by atoms with Gasteiger partial charge in [0, 0.05) is 31.7 Å². The smallest absolute Gasteiger partial charge is 0.282 e. The summed E-state index contributed by atoms with van der Waals surface area (Å²) in [6.07, 6.45) is 0.837. The van der Waals surface area contributed by atoms with Crippen LogP contribution in [0.25, 0.3) is 15.3 Å². The van der Waals surface area contributed by atoms with Crippen LogP contribution in [0.5, 0.6) is 0 Å². The molecule has 0 bridgehead atoms. The highest BCUT2D eigenvalue weighted by Crippen LogP contribution is 2.23. The van der Waals surface area contributed by atoms with Crippen LogP contribution in [0.2, 0.25) is 0 Å². The monoisotopic (exact) mass is 344 g/mol. The Bertz CT molecular complexity index is 903. The molecule has 0 atom stereocenters. The lowest BCUT2D eigenvalue weighted by Crippen LogP contribution is -2.19. The van der Waals surface area contributed by atoms with Gasteiger partial charge in [-0.1, -0.05) is 23.5 Å². The molecule has 0 radical (unpaired) electrons. The van der Waals surface area contributed by atoms with Gasteiger partial charge in [-0.05, 0) is 32.4 Å². The van der Waals surface area contributed by atoms with Crippen molar-refractivity contribution < 1.29 is 4.74 Å². The second-order valence-electron chi connectivity index (χ2n) is 5.53. The number of thiazole rings is 1. The van der Waals surface area contributed by atoms with Gasteiger partial charge >= 0.3 is 0 Å². The van der Waals surface area contributed by atoms with Crippen molar-refractivity contribution in [1.82, 2.24) is 14.8 Å². The minimum Gasteiger partial charge on any atom is -0.385 e. The van der Waals surface area contributed by atoms with Gasteiger partial charge in [-0.25, -0.2) is 4.98 Å². The van der Waals surface area contributed by atoms with E-state index in [0.717, 1.165) is 28.0 Å². The number of rotatable bonds is 6. The number of fused-ring (bicyclic) bond motifs is 1. The van der Waals surface area contributed by atoms with Crippen LogP contribution in [0.3, 0.4) is 0 Å². The van der Waals surface area contributed by atoms with Crippen LogP contribution >= 0.6 is 11.3 Å². The number of benzene rings is 1. The molecular weight excluding hydrogens is 324 g/mol. The van der Waals surface area contributed by atoms with E-state index in [1.165, 1.54) is 16.0 Å². The van der Waals surface area contributed by atoms with Crippen LogP contribution < -0.4 is 5.56 Å². The Labute approximate surface area is 143 Å². The molecule has 0 unspecified atom stereocenters. The molecule has 1 N–H and O–H groups in total. The average Bonchev–Trinajstić information content (AvgIpc) is 3.12. The first kappa shape index (κ1) is 16.6. The Morgan fingerprint density at radius 3 is 2.96 bits per heavy atom. The van der Waals surface area contributed by atoms with E-state index in [4.69, 9.17) is 4.74 Å². The van der Waals surface area contributed by atoms with Crippen LogP contribution in [-0.2, 0) is 4.74 Å². The third kappa shape index (κ3) is 3.18. The van der Waals surface area contributed by atoms with Crippen LogP contribution in [0.1, 0.15) is 24.6 Å². The first-order chi connectivity index (χ1) is 11.6. The predicted molar refractivity (Wildman–Crippen MR) is 97.9 cm³/mol. The maximum absolute atomic E-state index is 12.8. The molecule has 6 nitrogen and oxygen atoms in total. The highest BCUT2D eigenvalue weighted by atomic mass is 32.1. The van der Waals surface area contributed by atoms with E-state index in [9.17, 15) is 4.79 Å². The number of methoxy groups -OCH3 is 1. The zero-order valence-electron chi connectivity index (χ0n) is 14.0. The summed E-state index contributed by atoms with van der Waals surface area (Å²) >= 11 is 1.49. The molecule has 0 aliphatic carbocycles. The van der Waals surface area contributed by atoms with Crippen molar-refractivity contribution in [3.05, 3.63) is 45.9 Å². The molecule has 0 amide bonds. The Hall–Kier alpha value is -2.25. The third-order valence-electron chi connectivity index (χ3n) is 3.76. The van der Waals surface area contributed by atoms with Crippen molar-refractivity contribution in [3.63, 3.8) is 0 Å². The zero-order chi connectivity index (χ0) is 17.1. The summed E-state index contributed by atoms with van der Waals surface area (Å²) in [6.45, 7) is 5.06. The summed E-state index contributed by atoms with van der Waals surface area (Å²) in [5, 5.41) is 3.76. The molecule has 3 aromatic rings. The molecule has 2 heterocycles. The number of H-pyrrole nitrogens is 1. The molecule has 24 heavy (non-hydrogen) atoms. The lowest BCUT2D eigenvalue weighted by atomic mass is 10.2. The number of nitrogens with zero attached hydrogens (tertiary/aromatic N) is 3. The normalized spacial score (nSPS) is 12.2. The fraction of sp³-hybridized carbons (Fsp3) is 0.353. The molecular formula is C17H20N4O2S. The van der Waals surface area contributed by atoms with Gasteiger partial charge in [-0.3, -0.25) is 14.9 Å². The van der Waals surface area contributed by atoms with Crippen LogP contribution in [0, 0.1) is 6.92 Å². The molecule has 2 aromatic heterocycles. The molecule has 1 aromatic carbocycles. The Balaban J connectivity index is 1.95. The highest BCUT2D eigenvalue weighted by molar-refractivity contribution is 7.20. The molecule has 0 saturated heterocycles. The van der Waals surface area contributed by atoms with E-state index in [2.05, 4.69) is 15.1 Å². The fourth-order valence-electron chi connectivity index (χ4n) is 2.60. The van der Waals surface area contributed by atoms with Crippen molar-refractivity contribution in [2.24, 2.45) is 4.99 Å². The molecule has 0 aliphatic rings. The maximum atomic E-state index is 12.8. The second kappa shape index (κ2) is 7.11. The van der Waals surface area contributed by atoms with Gasteiger partial charge in [0.25, 0.3) is 5.56 Å². The number of aromatic amines is 1. The molecule has 7 heteroatoms. The number of aliphatic imine (C=N–C) groups is 1. The number of aromatic nitrogens is 3. The van der Waals surface area contributed by atoms with Gasteiger partial charge in [0.05, 0.1) is 15.8 Å². The first-order valence-corrected chi connectivity index (χ1v) is 8.61. The molecule has 0 saturated carbocycles. The molecule has 0 fully saturated rings. The number of hydrogen-bond acceptors (Lipinski definition) is 5. The summed E-state index contributed by atoms with van der Waals surface area (Å²) in [4.78, 5) is 21.8. The fourth-order valence-corrected chi connectivity index (χ4v) is 3.52. The van der Waals surface area contributed by atoms with Gasteiger partial charge in [0.2, 0.25) is 5.13 Å².